The summed E-state index contributed by atoms with van der Waals surface area (Å²) in [6.45, 7) is 1.55. The molecule has 3 amide bonds. The third kappa shape index (κ3) is 3.75. The summed E-state index contributed by atoms with van der Waals surface area (Å²) in [5.74, 6) is 0.624. The van der Waals surface area contributed by atoms with Gasteiger partial charge in [0.05, 0.1) is 13.1 Å². The molecule has 0 saturated carbocycles. The third-order valence-electron chi connectivity index (χ3n) is 5.34. The number of oxazole rings is 1. The Bertz CT molecular complexity index is 944. The molecule has 7 nitrogen and oxygen atoms in total. The van der Waals surface area contributed by atoms with Gasteiger partial charge in [-0.05, 0) is 12.1 Å². The molecule has 4 rings (SSSR count). The Hall–Kier alpha value is -3.19. The van der Waals surface area contributed by atoms with Crippen molar-refractivity contribution in [3.63, 3.8) is 0 Å². The van der Waals surface area contributed by atoms with E-state index in [2.05, 4.69) is 10.3 Å². The summed E-state index contributed by atoms with van der Waals surface area (Å²) in [5.41, 5.74) is 7.72. The third-order valence-corrected chi connectivity index (χ3v) is 5.34. The highest BCUT2D eigenvalue weighted by Gasteiger charge is 2.36. The number of primary amides is 1. The molecule has 0 aliphatic carbocycles. The second-order valence-electron chi connectivity index (χ2n) is 7.15. The van der Waals surface area contributed by atoms with E-state index in [4.69, 9.17) is 10.2 Å². The number of carbonyl (C=O) groups excluding carboxylic acids is 2. The molecule has 1 aromatic heterocycles. The number of hydrogen-bond acceptors (Lipinski definition) is 4. The Labute approximate surface area is 162 Å². The van der Waals surface area contributed by atoms with E-state index in [1.54, 1.807) is 0 Å². The van der Waals surface area contributed by atoms with Gasteiger partial charge in [-0.25, -0.2) is 9.78 Å². The average molecular weight is 379 g/mol. The zero-order valence-electron chi connectivity index (χ0n) is 15.4. The highest BCUT2D eigenvalue weighted by molar-refractivity contribution is 5.96. The number of benzene rings is 2. The van der Waals surface area contributed by atoms with Gasteiger partial charge >= 0.3 is 6.03 Å². The lowest BCUT2D eigenvalue weighted by Gasteiger charge is -2.33. The Balaban J connectivity index is 1.50. The van der Waals surface area contributed by atoms with Crippen LogP contribution in [-0.2, 0) is 4.79 Å². The van der Waals surface area contributed by atoms with E-state index in [1.807, 2.05) is 54.6 Å². The second-order valence-corrected chi connectivity index (χ2v) is 7.15. The van der Waals surface area contributed by atoms with Crippen LogP contribution in [0.5, 0.6) is 0 Å². The Morgan fingerprint density at radius 3 is 2.43 bits per heavy atom. The minimum absolute atomic E-state index is 0.228. The topological polar surface area (TPSA) is 103 Å². The number of nitrogens with one attached hydrogen (secondary N) is 2. The quantitative estimate of drug-likeness (QED) is 0.640. The fourth-order valence-corrected chi connectivity index (χ4v) is 4.00. The first-order valence-electron chi connectivity index (χ1n) is 9.47. The van der Waals surface area contributed by atoms with Crippen molar-refractivity contribution in [1.29, 1.82) is 0 Å². The van der Waals surface area contributed by atoms with E-state index >= 15 is 0 Å². The first-order valence-corrected chi connectivity index (χ1v) is 9.47. The van der Waals surface area contributed by atoms with Crippen molar-refractivity contribution in [3.05, 3.63) is 66.1 Å². The van der Waals surface area contributed by atoms with Crippen molar-refractivity contribution in [2.24, 2.45) is 5.73 Å². The number of amides is 3. The van der Waals surface area contributed by atoms with E-state index in [-0.39, 0.29) is 11.8 Å². The number of urea groups is 1. The zero-order valence-corrected chi connectivity index (χ0v) is 15.4. The lowest BCUT2D eigenvalue weighted by atomic mass is 9.93. The van der Waals surface area contributed by atoms with Gasteiger partial charge in [0.2, 0.25) is 0 Å². The molecule has 2 heterocycles. The molecule has 28 heavy (non-hydrogen) atoms. The SMILES string of the molecule is NC(=O)NC(=O)[C@@H](c1ccccc1)[NH+]1CCC(c2nc3ccccc3o2)CC1. The smallest absolute Gasteiger partial charge is 0.319 e. The molecule has 1 aliphatic heterocycles. The van der Waals surface area contributed by atoms with Gasteiger partial charge in [-0.15, -0.1) is 0 Å². The zero-order chi connectivity index (χ0) is 19.5. The number of nitrogens with two attached hydrogens (primary N) is 1. The van der Waals surface area contributed by atoms with Crippen LogP contribution in [0.15, 0.2) is 59.0 Å². The fourth-order valence-electron chi connectivity index (χ4n) is 4.00. The van der Waals surface area contributed by atoms with Gasteiger partial charge in [-0.1, -0.05) is 42.5 Å². The summed E-state index contributed by atoms with van der Waals surface area (Å²) in [6.07, 6.45) is 1.71. The largest absolute Gasteiger partial charge is 0.440 e. The van der Waals surface area contributed by atoms with Crippen molar-refractivity contribution >= 4 is 23.0 Å². The Morgan fingerprint density at radius 2 is 1.75 bits per heavy atom. The van der Waals surface area contributed by atoms with Crippen molar-refractivity contribution < 1.29 is 18.9 Å². The van der Waals surface area contributed by atoms with Crippen LogP contribution >= 0.6 is 0 Å². The van der Waals surface area contributed by atoms with Crippen LogP contribution in [0.25, 0.3) is 11.1 Å². The molecule has 1 saturated heterocycles. The predicted molar refractivity (Wildman–Crippen MR) is 104 cm³/mol. The molecule has 1 aliphatic rings. The number of quaternary nitrogens is 1. The van der Waals surface area contributed by atoms with Crippen LogP contribution in [-0.4, -0.2) is 30.0 Å². The minimum atomic E-state index is -0.827. The van der Waals surface area contributed by atoms with Crippen LogP contribution in [0.2, 0.25) is 0 Å². The molecule has 4 N–H and O–H groups in total. The number of hydrogen-bond donors (Lipinski definition) is 3. The summed E-state index contributed by atoms with van der Waals surface area (Å²) in [6, 6.07) is 16.0. The molecule has 0 radical (unpaired) electrons. The second kappa shape index (κ2) is 7.82. The normalized spacial score (nSPS) is 20.6. The van der Waals surface area contributed by atoms with E-state index in [0.717, 1.165) is 53.4 Å². The number of fused-ring (bicyclic) bond motifs is 1. The molecule has 1 fully saturated rings. The summed E-state index contributed by atoms with van der Waals surface area (Å²) < 4.78 is 5.93. The van der Waals surface area contributed by atoms with E-state index < -0.39 is 12.1 Å². The number of rotatable bonds is 4. The first kappa shape index (κ1) is 18.2. The van der Waals surface area contributed by atoms with Crippen LogP contribution in [0.1, 0.15) is 36.3 Å². The van der Waals surface area contributed by atoms with Crippen molar-refractivity contribution in [2.75, 3.05) is 13.1 Å². The Morgan fingerprint density at radius 1 is 1.07 bits per heavy atom. The molecular weight excluding hydrogens is 356 g/mol. The molecule has 0 unspecified atom stereocenters. The summed E-state index contributed by atoms with van der Waals surface area (Å²) in [7, 11) is 0. The molecule has 2 aromatic carbocycles. The monoisotopic (exact) mass is 379 g/mol. The molecular formula is C21H23N4O3+. The first-order chi connectivity index (χ1) is 13.6. The van der Waals surface area contributed by atoms with Crippen LogP contribution in [0.3, 0.4) is 0 Å². The number of likely N-dealkylation sites (tertiary alicyclic amines) is 1. The van der Waals surface area contributed by atoms with Gasteiger partial charge in [0.1, 0.15) is 5.52 Å². The molecule has 7 heteroatoms. The summed E-state index contributed by atoms with van der Waals surface area (Å²) in [4.78, 5) is 29.6. The average Bonchev–Trinajstić information content (AvgIpc) is 3.13. The van der Waals surface area contributed by atoms with Gasteiger partial charge in [0.15, 0.2) is 17.5 Å². The molecule has 0 spiro atoms. The van der Waals surface area contributed by atoms with Gasteiger partial charge in [-0.3, -0.25) is 10.1 Å². The molecule has 1 atom stereocenters. The van der Waals surface area contributed by atoms with Gasteiger partial charge < -0.3 is 15.1 Å². The van der Waals surface area contributed by atoms with Gasteiger partial charge in [-0.2, -0.15) is 0 Å². The van der Waals surface area contributed by atoms with Crippen molar-refractivity contribution in [1.82, 2.24) is 10.3 Å². The van der Waals surface area contributed by atoms with E-state index in [0.29, 0.717) is 0 Å². The number of aromatic nitrogens is 1. The van der Waals surface area contributed by atoms with Crippen molar-refractivity contribution in [3.8, 4) is 0 Å². The van der Waals surface area contributed by atoms with E-state index in [9.17, 15) is 9.59 Å². The number of para-hydroxylation sites is 2. The maximum Gasteiger partial charge on any atom is 0.319 e. The maximum atomic E-state index is 12.7. The Kier molecular flexibility index (Phi) is 5.08. The lowest BCUT2D eigenvalue weighted by Crippen LogP contribution is -3.14. The minimum Gasteiger partial charge on any atom is -0.440 e. The lowest BCUT2D eigenvalue weighted by molar-refractivity contribution is -0.927. The highest BCUT2D eigenvalue weighted by atomic mass is 16.3. The number of imide groups is 1. The molecule has 144 valence electrons. The van der Waals surface area contributed by atoms with Crippen LogP contribution < -0.4 is 16.0 Å². The van der Waals surface area contributed by atoms with Crippen molar-refractivity contribution in [2.45, 2.75) is 24.8 Å². The molecule has 0 bridgehead atoms. The van der Waals surface area contributed by atoms with Crippen LogP contribution in [0, 0.1) is 0 Å². The van der Waals surface area contributed by atoms with E-state index in [1.165, 1.54) is 0 Å². The predicted octanol–water partition coefficient (Wildman–Crippen LogP) is 1.53. The van der Waals surface area contributed by atoms with Gasteiger partial charge in [0, 0.05) is 24.3 Å². The fraction of sp³-hybridized carbons (Fsp3) is 0.286. The maximum absolute atomic E-state index is 12.7. The number of nitrogens with zero attached hydrogens (tertiary/aromatic N) is 1. The number of piperidine rings is 1. The number of carbonyl (C=O) groups is 2. The summed E-state index contributed by atoms with van der Waals surface area (Å²) >= 11 is 0. The van der Waals surface area contributed by atoms with Gasteiger partial charge in [0.25, 0.3) is 5.91 Å². The molecule has 3 aromatic rings. The highest BCUT2D eigenvalue weighted by Crippen LogP contribution is 2.27. The standard InChI is InChI=1S/C21H22N4O3/c22-21(27)24-19(26)18(14-6-2-1-3-7-14)25-12-10-15(11-13-25)20-23-16-8-4-5-9-17(16)28-20/h1-9,15,18H,10-13H2,(H3,22,24,26,27)/p+1/t18-/m1/s1. The summed E-state index contributed by atoms with van der Waals surface area (Å²) in [5, 5.41) is 2.25. The van der Waals surface area contributed by atoms with Crippen LogP contribution in [0.4, 0.5) is 4.79 Å².